The highest BCUT2D eigenvalue weighted by Gasteiger charge is 2.54. The Bertz CT molecular complexity index is 1430. The number of anilines is 1. The molecule has 1 aromatic heterocycles. The number of aromatic hydroxyl groups is 1. The smallest absolute Gasteiger partial charge is 0.329 e. The number of hydrogen-bond donors (Lipinski definition) is 3. The molecule has 6 rings (SSSR count). The molecule has 0 aliphatic heterocycles. The fourth-order valence-corrected chi connectivity index (χ4v) is 7.94. The number of halogens is 1. The minimum atomic E-state index is -1.06. The second kappa shape index (κ2) is 11.2. The van der Waals surface area contributed by atoms with Gasteiger partial charge in [-0.05, 0) is 129 Å². The molecule has 1 spiro atoms. The van der Waals surface area contributed by atoms with E-state index in [2.05, 4.69) is 23.3 Å². The molecule has 1 heterocycles. The first-order valence-corrected chi connectivity index (χ1v) is 15.3. The minimum Gasteiger partial charge on any atom is -0.508 e. The average molecular weight is 575 g/mol. The Morgan fingerprint density at radius 3 is 2.71 bits per heavy atom. The number of hydrogen-bond acceptors (Lipinski definition) is 5. The Labute approximate surface area is 247 Å². The number of aryl methyl sites for hydroxylation is 1. The van der Waals surface area contributed by atoms with Crippen LogP contribution in [-0.4, -0.2) is 33.3 Å². The van der Waals surface area contributed by atoms with Gasteiger partial charge < -0.3 is 20.3 Å². The highest BCUT2D eigenvalue weighted by Crippen LogP contribution is 2.56. The van der Waals surface area contributed by atoms with Gasteiger partial charge in [-0.2, -0.15) is 0 Å². The van der Waals surface area contributed by atoms with Crippen molar-refractivity contribution in [2.45, 2.75) is 82.1 Å². The molecule has 0 bridgehead atoms. The molecule has 1 saturated carbocycles. The Balaban J connectivity index is 1.21. The molecule has 3 aliphatic rings. The summed E-state index contributed by atoms with van der Waals surface area (Å²) in [5, 5.41) is 24.8. The average Bonchev–Trinajstić information content (AvgIpc) is 3.24. The molecule has 0 amide bonds. The molecule has 3 aliphatic carbocycles. The third kappa shape index (κ3) is 5.39. The molecule has 216 valence electrons. The van der Waals surface area contributed by atoms with Crippen LogP contribution in [0.2, 0.25) is 5.02 Å². The number of carboxylic acid groups (broad SMARTS) is 1. The van der Waals surface area contributed by atoms with Crippen LogP contribution in [0, 0.1) is 11.8 Å². The van der Waals surface area contributed by atoms with Gasteiger partial charge >= 0.3 is 5.97 Å². The number of benzene rings is 2. The van der Waals surface area contributed by atoms with Gasteiger partial charge in [0.25, 0.3) is 0 Å². The summed E-state index contributed by atoms with van der Waals surface area (Å²) < 4.78 is 6.41. The number of aromatic nitrogens is 1. The maximum absolute atomic E-state index is 12.7. The summed E-state index contributed by atoms with van der Waals surface area (Å²) in [7, 11) is 0. The van der Waals surface area contributed by atoms with E-state index in [9.17, 15) is 15.0 Å². The number of nitrogens with one attached hydrogen (secondary N) is 1. The van der Waals surface area contributed by atoms with Gasteiger partial charge in [-0.25, -0.2) is 4.79 Å². The predicted octanol–water partition coefficient (Wildman–Crippen LogP) is 7.34. The molecule has 0 radical (unpaired) electrons. The van der Waals surface area contributed by atoms with E-state index in [1.165, 1.54) is 35.2 Å². The fourth-order valence-electron chi connectivity index (χ4n) is 7.74. The molecule has 3 aromatic rings. The molecule has 7 heteroatoms. The van der Waals surface area contributed by atoms with E-state index in [0.717, 1.165) is 50.0 Å². The van der Waals surface area contributed by atoms with Crippen molar-refractivity contribution in [3.05, 3.63) is 82.1 Å². The van der Waals surface area contributed by atoms with Crippen LogP contribution in [0.15, 0.2) is 54.7 Å². The Hall–Kier alpha value is -3.25. The number of aliphatic carboxylic acids is 1. The molecule has 1 unspecified atom stereocenters. The first-order chi connectivity index (χ1) is 19.8. The highest BCUT2D eigenvalue weighted by molar-refractivity contribution is 6.30. The third-order valence-corrected chi connectivity index (χ3v) is 10.1. The summed E-state index contributed by atoms with van der Waals surface area (Å²) in [5.74, 6) is 1.09. The van der Waals surface area contributed by atoms with E-state index in [1.807, 2.05) is 30.5 Å². The maximum Gasteiger partial charge on any atom is 0.329 e. The second-order valence-corrected chi connectivity index (χ2v) is 13.0. The van der Waals surface area contributed by atoms with Crippen molar-refractivity contribution in [3.8, 4) is 11.5 Å². The summed E-state index contributed by atoms with van der Waals surface area (Å²) in [4.78, 5) is 17.3. The molecule has 3 N–H and O–H groups in total. The largest absolute Gasteiger partial charge is 0.508 e. The Morgan fingerprint density at radius 1 is 1.12 bits per heavy atom. The molecule has 41 heavy (non-hydrogen) atoms. The van der Waals surface area contributed by atoms with E-state index in [0.29, 0.717) is 36.3 Å². The fraction of sp³-hybridized carbons (Fsp3) is 0.471. The molecule has 2 aromatic carbocycles. The summed E-state index contributed by atoms with van der Waals surface area (Å²) in [6.07, 6.45) is 10.7. The van der Waals surface area contributed by atoms with E-state index in [-0.39, 0.29) is 11.2 Å². The first kappa shape index (κ1) is 27.9. The monoisotopic (exact) mass is 574 g/mol. The lowest BCUT2D eigenvalue weighted by molar-refractivity contribution is -0.144. The van der Waals surface area contributed by atoms with Crippen LogP contribution in [0.1, 0.15) is 74.3 Å². The number of pyridine rings is 1. The van der Waals surface area contributed by atoms with Crippen molar-refractivity contribution in [2.24, 2.45) is 11.8 Å². The van der Waals surface area contributed by atoms with Gasteiger partial charge in [-0.15, -0.1) is 0 Å². The summed E-state index contributed by atoms with van der Waals surface area (Å²) in [6.45, 7) is 2.90. The van der Waals surface area contributed by atoms with E-state index in [4.69, 9.17) is 16.3 Å². The predicted molar refractivity (Wildman–Crippen MR) is 161 cm³/mol. The van der Waals surface area contributed by atoms with Crippen molar-refractivity contribution < 1.29 is 19.7 Å². The van der Waals surface area contributed by atoms with Gasteiger partial charge in [-0.1, -0.05) is 30.7 Å². The normalized spacial score (nSPS) is 25.8. The zero-order valence-electron chi connectivity index (χ0n) is 23.7. The van der Waals surface area contributed by atoms with Crippen LogP contribution in [0.3, 0.4) is 0 Å². The van der Waals surface area contributed by atoms with Crippen molar-refractivity contribution in [2.75, 3.05) is 11.9 Å². The molecule has 6 nitrogen and oxygen atoms in total. The molecular formula is C34H39ClN2O4. The van der Waals surface area contributed by atoms with Gasteiger partial charge in [0.2, 0.25) is 0 Å². The van der Waals surface area contributed by atoms with Crippen LogP contribution in [-0.2, 0) is 29.5 Å². The Morgan fingerprint density at radius 2 is 1.93 bits per heavy atom. The summed E-state index contributed by atoms with van der Waals surface area (Å²) in [5.41, 5.74) is 4.41. The number of nitrogens with zero attached hydrogens (tertiary/aromatic N) is 1. The van der Waals surface area contributed by atoms with Gasteiger partial charge in [0, 0.05) is 28.2 Å². The molecular weight excluding hydrogens is 536 g/mol. The lowest BCUT2D eigenvalue weighted by atomic mass is 9.59. The van der Waals surface area contributed by atoms with Crippen LogP contribution in [0.25, 0.3) is 0 Å². The number of fused-ring (bicyclic) bond motifs is 3. The van der Waals surface area contributed by atoms with Crippen molar-refractivity contribution in [1.29, 1.82) is 0 Å². The summed E-state index contributed by atoms with van der Waals surface area (Å²) in [6, 6.07) is 15.0. The van der Waals surface area contributed by atoms with E-state index < -0.39 is 11.5 Å². The number of rotatable bonds is 8. The number of phenols is 1. The minimum absolute atomic E-state index is 0.173. The van der Waals surface area contributed by atoms with E-state index in [1.54, 1.807) is 18.2 Å². The molecule has 1 fully saturated rings. The summed E-state index contributed by atoms with van der Waals surface area (Å²) >= 11 is 6.20. The van der Waals surface area contributed by atoms with Crippen molar-refractivity contribution >= 4 is 23.3 Å². The maximum atomic E-state index is 12.7. The SMILES string of the molecule is C[C@@H](COc1ccnc2c1CCCC2)CC1Cc2ccc(O)cc2C12CCC(Nc1cccc(Cl)c1)(C(=O)O)CC2. The number of phenolic OH excluding ortho intramolecular Hbond substituents is 1. The van der Waals surface area contributed by atoms with E-state index >= 15 is 0 Å². The van der Waals surface area contributed by atoms with Crippen molar-refractivity contribution in [1.82, 2.24) is 4.98 Å². The number of carboxylic acids is 1. The first-order valence-electron chi connectivity index (χ1n) is 15.0. The third-order valence-electron chi connectivity index (χ3n) is 9.89. The number of ether oxygens (including phenoxy) is 1. The quantitative estimate of drug-likeness (QED) is 0.261. The standard InChI is InChI=1S/C34H39ClN2O4/c1-22(21-41-31-11-16-36-30-8-3-2-7-28(30)31)17-24-18-23-9-10-27(38)20-29(23)33(24)12-14-34(15-13-33,32(39)40)37-26-6-4-5-25(35)19-26/h4-6,9-11,16,19-20,22,24,37-38H,2-3,7-8,12-15,17-18,21H2,1H3,(H,39,40)/t22-,24?,33?,34?/m1/s1. The van der Waals surface area contributed by atoms with Gasteiger partial charge in [0.05, 0.1) is 6.61 Å². The lowest BCUT2D eigenvalue weighted by Crippen LogP contribution is -2.53. The zero-order chi connectivity index (χ0) is 28.6. The number of carbonyl (C=O) groups is 1. The van der Waals surface area contributed by atoms with Gasteiger partial charge in [0.15, 0.2) is 0 Å². The van der Waals surface area contributed by atoms with Gasteiger partial charge in [-0.3, -0.25) is 4.98 Å². The highest BCUT2D eigenvalue weighted by atomic mass is 35.5. The molecule has 2 atom stereocenters. The van der Waals surface area contributed by atoms with Gasteiger partial charge in [0.1, 0.15) is 17.0 Å². The van der Waals surface area contributed by atoms with Crippen LogP contribution >= 0.6 is 11.6 Å². The van der Waals surface area contributed by atoms with Crippen LogP contribution in [0.5, 0.6) is 11.5 Å². The topological polar surface area (TPSA) is 91.7 Å². The Kier molecular flexibility index (Phi) is 7.62. The molecule has 0 saturated heterocycles. The zero-order valence-corrected chi connectivity index (χ0v) is 24.4. The lowest BCUT2D eigenvalue weighted by Gasteiger charge is -2.47. The second-order valence-electron chi connectivity index (χ2n) is 12.5. The van der Waals surface area contributed by atoms with Crippen LogP contribution in [0.4, 0.5) is 5.69 Å². The van der Waals surface area contributed by atoms with Crippen molar-refractivity contribution in [3.63, 3.8) is 0 Å². The van der Waals surface area contributed by atoms with Crippen LogP contribution < -0.4 is 10.1 Å².